The van der Waals surface area contributed by atoms with Gasteiger partial charge in [0.05, 0.1) is 0 Å². The molecule has 0 aromatic carbocycles. The van der Waals surface area contributed by atoms with E-state index < -0.39 is 0 Å². The molecule has 0 spiro atoms. The van der Waals surface area contributed by atoms with Gasteiger partial charge in [0.2, 0.25) is 0 Å². The van der Waals surface area contributed by atoms with Gasteiger partial charge >= 0.3 is 0 Å². The van der Waals surface area contributed by atoms with Crippen LogP contribution in [0.2, 0.25) is 0 Å². The fraction of sp³-hybridized carbons (Fsp3) is 1.00. The summed E-state index contributed by atoms with van der Waals surface area (Å²) in [5.74, 6) is 0. The minimum absolute atomic E-state index is 0.771. The van der Waals surface area contributed by atoms with E-state index in [0.717, 1.165) is 5.41 Å². The van der Waals surface area contributed by atoms with Crippen molar-refractivity contribution in [3.8, 4) is 0 Å². The maximum atomic E-state index is 2.40. The minimum Gasteiger partial charge on any atom is -0.0654 e. The molecule has 0 nitrogen and oxygen atoms in total. The van der Waals surface area contributed by atoms with Crippen molar-refractivity contribution in [3.05, 3.63) is 0 Å². The first kappa shape index (κ1) is 11.1. The first-order chi connectivity index (χ1) is 6.33. The lowest BCUT2D eigenvalue weighted by Gasteiger charge is -2.36. The van der Waals surface area contributed by atoms with Crippen LogP contribution in [-0.2, 0) is 0 Å². The van der Waals surface area contributed by atoms with Gasteiger partial charge < -0.3 is 0 Å². The summed E-state index contributed by atoms with van der Waals surface area (Å²) in [6, 6.07) is 0. The van der Waals surface area contributed by atoms with E-state index in [4.69, 9.17) is 0 Å². The van der Waals surface area contributed by atoms with E-state index >= 15 is 0 Å². The Morgan fingerprint density at radius 3 is 2.15 bits per heavy atom. The van der Waals surface area contributed by atoms with Gasteiger partial charge in [-0.2, -0.15) is 0 Å². The van der Waals surface area contributed by atoms with Crippen LogP contribution in [0.5, 0.6) is 0 Å². The van der Waals surface area contributed by atoms with Crippen LogP contribution in [0.25, 0.3) is 0 Å². The monoisotopic (exact) mass is 182 g/mol. The Bertz CT molecular complexity index is 120. The maximum Gasteiger partial charge on any atom is -0.0300 e. The minimum atomic E-state index is 0.771. The molecule has 1 rings (SSSR count). The number of rotatable bonds is 5. The van der Waals surface area contributed by atoms with Crippen molar-refractivity contribution < 1.29 is 0 Å². The van der Waals surface area contributed by atoms with E-state index in [9.17, 15) is 0 Å². The highest BCUT2D eigenvalue weighted by molar-refractivity contribution is 4.81. The van der Waals surface area contributed by atoms with Gasteiger partial charge in [-0.3, -0.25) is 0 Å². The molecule has 0 heteroatoms. The van der Waals surface area contributed by atoms with Crippen molar-refractivity contribution in [2.45, 2.75) is 78.1 Å². The van der Waals surface area contributed by atoms with Crippen molar-refractivity contribution in [3.63, 3.8) is 0 Å². The van der Waals surface area contributed by atoms with Crippen molar-refractivity contribution in [1.29, 1.82) is 0 Å². The molecule has 0 bridgehead atoms. The molecule has 0 heterocycles. The lowest BCUT2D eigenvalue weighted by Crippen LogP contribution is -2.23. The van der Waals surface area contributed by atoms with Gasteiger partial charge in [0.1, 0.15) is 0 Å². The lowest BCUT2D eigenvalue weighted by molar-refractivity contribution is 0.160. The number of hydrogen-bond acceptors (Lipinski definition) is 0. The zero-order chi connectivity index (χ0) is 9.57. The Labute approximate surface area is 84.1 Å². The highest BCUT2D eigenvalue weighted by atomic mass is 14.3. The zero-order valence-electron chi connectivity index (χ0n) is 9.57. The molecule has 0 aromatic heterocycles. The third-order valence-electron chi connectivity index (χ3n) is 3.97. The zero-order valence-corrected chi connectivity index (χ0v) is 9.57. The number of hydrogen-bond donors (Lipinski definition) is 0. The van der Waals surface area contributed by atoms with Crippen molar-refractivity contribution in [2.24, 2.45) is 5.41 Å². The Morgan fingerprint density at radius 2 is 1.62 bits per heavy atom. The summed E-state index contributed by atoms with van der Waals surface area (Å²) >= 11 is 0. The molecule has 0 atom stereocenters. The molecule has 0 amide bonds. The summed E-state index contributed by atoms with van der Waals surface area (Å²) in [5, 5.41) is 0. The van der Waals surface area contributed by atoms with Crippen LogP contribution in [0.1, 0.15) is 78.1 Å². The van der Waals surface area contributed by atoms with Crippen LogP contribution in [-0.4, -0.2) is 0 Å². The summed E-state index contributed by atoms with van der Waals surface area (Å²) in [6.45, 7) is 4.71. The fourth-order valence-corrected chi connectivity index (χ4v) is 2.83. The van der Waals surface area contributed by atoms with E-state index in [2.05, 4.69) is 13.8 Å². The molecule has 13 heavy (non-hydrogen) atoms. The SMILES string of the molecule is CCCCCC1(CC)CCCCC1. The fourth-order valence-electron chi connectivity index (χ4n) is 2.83. The Balaban J connectivity index is 2.29. The lowest BCUT2D eigenvalue weighted by atomic mass is 9.69. The van der Waals surface area contributed by atoms with Crippen LogP contribution in [0, 0.1) is 5.41 Å². The van der Waals surface area contributed by atoms with Gasteiger partial charge in [-0.25, -0.2) is 0 Å². The van der Waals surface area contributed by atoms with E-state index in [-0.39, 0.29) is 0 Å². The molecule has 0 unspecified atom stereocenters. The second-order valence-electron chi connectivity index (χ2n) is 4.87. The molecule has 1 aliphatic carbocycles. The van der Waals surface area contributed by atoms with Gasteiger partial charge in [-0.05, 0) is 24.7 Å². The highest BCUT2D eigenvalue weighted by Gasteiger charge is 2.28. The Morgan fingerprint density at radius 1 is 0.923 bits per heavy atom. The third kappa shape index (κ3) is 3.32. The summed E-state index contributed by atoms with van der Waals surface area (Å²) in [7, 11) is 0. The van der Waals surface area contributed by atoms with E-state index in [1.807, 2.05) is 0 Å². The molecule has 78 valence electrons. The molecule has 1 fully saturated rings. The summed E-state index contributed by atoms with van der Waals surface area (Å²) in [5.41, 5.74) is 0.771. The molecule has 0 aliphatic heterocycles. The normalized spacial score (nSPS) is 21.7. The van der Waals surface area contributed by atoms with Crippen molar-refractivity contribution in [2.75, 3.05) is 0 Å². The smallest absolute Gasteiger partial charge is 0.0300 e. The standard InChI is InChI=1S/C13H26/c1-3-5-7-10-13(4-2)11-8-6-9-12-13/h3-12H2,1-2H3. The highest BCUT2D eigenvalue weighted by Crippen LogP contribution is 2.43. The second kappa shape index (κ2) is 5.67. The molecule has 1 saturated carbocycles. The molecule has 0 saturated heterocycles. The van der Waals surface area contributed by atoms with Crippen LogP contribution in [0.15, 0.2) is 0 Å². The van der Waals surface area contributed by atoms with Gasteiger partial charge in [-0.15, -0.1) is 0 Å². The van der Waals surface area contributed by atoms with E-state index in [1.54, 1.807) is 0 Å². The van der Waals surface area contributed by atoms with Crippen molar-refractivity contribution in [1.82, 2.24) is 0 Å². The first-order valence-corrected chi connectivity index (χ1v) is 6.33. The van der Waals surface area contributed by atoms with E-state index in [0.29, 0.717) is 0 Å². The maximum absolute atomic E-state index is 2.40. The topological polar surface area (TPSA) is 0 Å². The van der Waals surface area contributed by atoms with Crippen LogP contribution < -0.4 is 0 Å². The van der Waals surface area contributed by atoms with Crippen LogP contribution in [0.4, 0.5) is 0 Å². The molecule has 0 aromatic rings. The Hall–Kier alpha value is 0. The quantitative estimate of drug-likeness (QED) is 0.529. The molecular formula is C13H26. The van der Waals surface area contributed by atoms with Gasteiger partial charge in [0, 0.05) is 0 Å². The van der Waals surface area contributed by atoms with Crippen LogP contribution in [0.3, 0.4) is 0 Å². The molecule has 1 aliphatic rings. The van der Waals surface area contributed by atoms with Gasteiger partial charge in [0.25, 0.3) is 0 Å². The summed E-state index contributed by atoms with van der Waals surface area (Å²) in [6.07, 6.45) is 14.8. The average molecular weight is 182 g/mol. The largest absolute Gasteiger partial charge is 0.0654 e. The van der Waals surface area contributed by atoms with Crippen molar-refractivity contribution >= 4 is 0 Å². The average Bonchev–Trinajstić information content (AvgIpc) is 2.20. The predicted octanol–water partition coefficient (Wildman–Crippen LogP) is 4.93. The third-order valence-corrected chi connectivity index (χ3v) is 3.97. The van der Waals surface area contributed by atoms with E-state index in [1.165, 1.54) is 64.2 Å². The summed E-state index contributed by atoms with van der Waals surface area (Å²) in [4.78, 5) is 0. The molecule has 0 N–H and O–H groups in total. The second-order valence-corrected chi connectivity index (χ2v) is 4.87. The van der Waals surface area contributed by atoms with Gasteiger partial charge in [-0.1, -0.05) is 58.8 Å². The molecular weight excluding hydrogens is 156 g/mol. The number of unbranched alkanes of at least 4 members (excludes halogenated alkanes) is 2. The first-order valence-electron chi connectivity index (χ1n) is 6.33. The summed E-state index contributed by atoms with van der Waals surface area (Å²) < 4.78 is 0. The predicted molar refractivity (Wildman–Crippen MR) is 60.0 cm³/mol. The van der Waals surface area contributed by atoms with Crippen LogP contribution >= 0.6 is 0 Å². The molecule has 0 radical (unpaired) electrons. The Kier molecular flexibility index (Phi) is 4.83. The van der Waals surface area contributed by atoms with Gasteiger partial charge in [0.15, 0.2) is 0 Å².